The minimum Gasteiger partial charge on any atom is -0.434 e. The maximum Gasteiger partial charge on any atom is 0.387 e. The van der Waals surface area contributed by atoms with Crippen molar-refractivity contribution in [2.45, 2.75) is 55.9 Å². The van der Waals surface area contributed by atoms with E-state index in [1.165, 1.54) is 35.0 Å². The summed E-state index contributed by atoms with van der Waals surface area (Å²) in [6.07, 6.45) is 3.37. The predicted molar refractivity (Wildman–Crippen MR) is 136 cm³/mol. The lowest BCUT2D eigenvalue weighted by Crippen LogP contribution is -2.59. The summed E-state index contributed by atoms with van der Waals surface area (Å²) >= 11 is 0. The molecule has 0 saturated heterocycles. The minimum absolute atomic E-state index is 0.0386. The van der Waals surface area contributed by atoms with E-state index in [0.717, 1.165) is 4.90 Å². The van der Waals surface area contributed by atoms with Crippen molar-refractivity contribution in [3.05, 3.63) is 76.6 Å². The van der Waals surface area contributed by atoms with Gasteiger partial charge in [0.15, 0.2) is 5.65 Å². The number of rotatable bonds is 4. The van der Waals surface area contributed by atoms with Crippen molar-refractivity contribution in [2.75, 3.05) is 6.98 Å². The van der Waals surface area contributed by atoms with Crippen molar-refractivity contribution in [1.82, 2.24) is 24.5 Å². The van der Waals surface area contributed by atoms with Crippen molar-refractivity contribution in [2.24, 2.45) is 5.73 Å². The second kappa shape index (κ2) is 8.24. The average Bonchev–Trinajstić information content (AvgIpc) is 3.39. The van der Waals surface area contributed by atoms with E-state index in [1.54, 1.807) is 19.2 Å². The minimum atomic E-state index is -3.18. The Labute approximate surface area is 230 Å². The van der Waals surface area contributed by atoms with E-state index in [2.05, 4.69) is 10.1 Å². The fraction of sp³-hybridized carbons (Fsp3) is 0.357. The van der Waals surface area contributed by atoms with Crippen molar-refractivity contribution < 1.29 is 31.9 Å². The molecule has 0 unspecified atom stereocenters. The summed E-state index contributed by atoms with van der Waals surface area (Å²) in [4.78, 5) is 23.3. The largest absolute Gasteiger partial charge is 0.434 e. The van der Waals surface area contributed by atoms with Gasteiger partial charge in [-0.15, -0.1) is 0 Å². The van der Waals surface area contributed by atoms with E-state index >= 15 is 4.39 Å². The van der Waals surface area contributed by atoms with Crippen LogP contribution in [0.2, 0.25) is 0 Å². The molecule has 1 amide bonds. The van der Waals surface area contributed by atoms with Crippen molar-refractivity contribution in [3.63, 3.8) is 0 Å². The highest BCUT2D eigenvalue weighted by atomic mass is 19.3. The number of carbonyl (C=O) groups is 1. The molecule has 3 aliphatic rings. The van der Waals surface area contributed by atoms with Crippen molar-refractivity contribution >= 4 is 11.6 Å². The van der Waals surface area contributed by atoms with Crippen LogP contribution in [0.4, 0.5) is 13.2 Å². The van der Waals surface area contributed by atoms with Gasteiger partial charge in [0.1, 0.15) is 11.6 Å². The Balaban J connectivity index is 1.37. The number of nitrogens with two attached hydrogens (primary N) is 1. The van der Waals surface area contributed by atoms with Crippen LogP contribution in [0.3, 0.4) is 0 Å². The van der Waals surface area contributed by atoms with Crippen LogP contribution in [0.25, 0.3) is 16.9 Å². The molecule has 9 nitrogen and oxygen atoms in total. The van der Waals surface area contributed by atoms with Crippen molar-refractivity contribution in [1.29, 1.82) is 0 Å². The highest BCUT2D eigenvalue weighted by Gasteiger charge is 2.52. The molecule has 4 aromatic rings. The van der Waals surface area contributed by atoms with Gasteiger partial charge in [-0.3, -0.25) is 9.78 Å². The normalized spacial score (nSPS) is 28.4. The highest BCUT2D eigenvalue weighted by Crippen LogP contribution is 2.53. The second-order valence-electron chi connectivity index (χ2n) is 11.0. The molecule has 4 heterocycles. The first-order valence-corrected chi connectivity index (χ1v) is 12.7. The molecule has 3 aromatic heterocycles. The van der Waals surface area contributed by atoms with Gasteiger partial charge in [-0.1, -0.05) is 6.07 Å². The molecule has 2 atom stereocenters. The van der Waals surface area contributed by atoms with Crippen molar-refractivity contribution in [3.8, 4) is 17.0 Å². The van der Waals surface area contributed by atoms with E-state index in [1.807, 2.05) is 0 Å². The fourth-order valence-corrected chi connectivity index (χ4v) is 6.63. The lowest BCUT2D eigenvalue weighted by Gasteiger charge is -2.48. The summed E-state index contributed by atoms with van der Waals surface area (Å²) in [6, 6.07) is 5.90. The summed E-state index contributed by atoms with van der Waals surface area (Å²) in [5.74, 6) is -2.49. The zero-order chi connectivity index (χ0) is 30.6. The molecule has 7 rings (SSSR count). The number of halogens is 3. The lowest BCUT2D eigenvalue weighted by atomic mass is 9.64. The number of pyridine rings is 1. The Morgan fingerprint density at radius 3 is 2.77 bits per heavy atom. The monoisotopic (exact) mass is 553 g/mol. The van der Waals surface area contributed by atoms with Crippen LogP contribution >= 0.6 is 0 Å². The van der Waals surface area contributed by atoms with Crippen LogP contribution in [0.15, 0.2) is 42.7 Å². The number of fused-ring (bicyclic) bond motifs is 9. The van der Waals surface area contributed by atoms with Crippen LogP contribution in [-0.2, 0) is 5.54 Å². The van der Waals surface area contributed by atoms with Gasteiger partial charge in [0.25, 0.3) is 5.91 Å². The SMILES string of the molecule is [2H]C([2H])([2H])N1C(=O)c2cccc(OC(F)F)c2[C@H]2C[C@@H]1c1nn3ccc(-c4cnc(C5(N)CC(C)(O)C5)c(F)c4)nc3c12. The molecule has 1 saturated carbocycles. The molecule has 1 aromatic carbocycles. The number of benzene rings is 1. The number of amides is 1. The number of ether oxygens (including phenoxy) is 1. The Bertz CT molecular complexity index is 1820. The third-order valence-corrected chi connectivity index (χ3v) is 8.06. The molecule has 0 radical (unpaired) electrons. The van der Waals surface area contributed by atoms with E-state index < -0.39 is 48.4 Å². The van der Waals surface area contributed by atoms with Gasteiger partial charge in [-0.25, -0.2) is 13.9 Å². The van der Waals surface area contributed by atoms with Crippen LogP contribution < -0.4 is 10.5 Å². The number of hydrogen-bond acceptors (Lipinski definition) is 7. The molecule has 206 valence electrons. The maximum atomic E-state index is 15.3. The standard InChI is InChI=1S/C28H25F3N6O3/c1-27(39)11-28(32,12-27)23-16(29)8-13(10-33-23)17-6-7-37-24(34-17)21-15-9-18(22(21)35-37)36(2)25(38)14-4-3-5-19(20(14)15)40-26(30)31/h3-8,10,15,18,26,39H,9,11-12,32H2,1-2H3/t15-,18-,27?,28?/m1/s1/i2D3. The molecule has 1 fully saturated rings. The zero-order valence-corrected chi connectivity index (χ0v) is 21.1. The maximum absolute atomic E-state index is 15.3. The number of aliphatic hydroxyl groups is 1. The number of carbonyl (C=O) groups excluding carboxylic acids is 1. The van der Waals surface area contributed by atoms with E-state index in [4.69, 9.17) is 19.6 Å². The van der Waals surface area contributed by atoms with Crippen LogP contribution in [0, 0.1) is 5.82 Å². The van der Waals surface area contributed by atoms with Gasteiger partial charge >= 0.3 is 6.61 Å². The molecule has 2 aliphatic carbocycles. The van der Waals surface area contributed by atoms with Crippen LogP contribution in [0.5, 0.6) is 5.75 Å². The quantitative estimate of drug-likeness (QED) is 0.394. The number of aromatic nitrogens is 4. The number of alkyl halides is 2. The zero-order valence-electron chi connectivity index (χ0n) is 24.1. The van der Waals surface area contributed by atoms with Gasteiger partial charge in [0, 0.05) is 51.7 Å². The average molecular weight is 554 g/mol. The molecular formula is C28H25F3N6O3. The third-order valence-electron chi connectivity index (χ3n) is 8.06. The summed E-state index contributed by atoms with van der Waals surface area (Å²) in [7, 11) is 0. The summed E-state index contributed by atoms with van der Waals surface area (Å²) in [6.45, 7) is -4.42. The predicted octanol–water partition coefficient (Wildman–Crippen LogP) is 3.89. The first-order valence-electron chi connectivity index (χ1n) is 14.2. The topological polar surface area (TPSA) is 119 Å². The first kappa shape index (κ1) is 21.8. The van der Waals surface area contributed by atoms with E-state index in [-0.39, 0.29) is 53.2 Å². The van der Waals surface area contributed by atoms with E-state index in [0.29, 0.717) is 16.8 Å². The molecule has 0 spiro atoms. The summed E-state index contributed by atoms with van der Waals surface area (Å²) in [5, 5.41) is 14.7. The first-order chi connectivity index (χ1) is 20.2. The van der Waals surface area contributed by atoms with Gasteiger partial charge in [0.05, 0.1) is 34.3 Å². The lowest BCUT2D eigenvalue weighted by molar-refractivity contribution is -0.0764. The molecule has 40 heavy (non-hydrogen) atoms. The van der Waals surface area contributed by atoms with E-state index in [9.17, 15) is 18.7 Å². The van der Waals surface area contributed by atoms with Gasteiger partial charge in [0.2, 0.25) is 0 Å². The van der Waals surface area contributed by atoms with Gasteiger partial charge in [-0.2, -0.15) is 13.9 Å². The number of nitrogens with zero attached hydrogens (tertiary/aromatic N) is 5. The second-order valence-corrected chi connectivity index (χ2v) is 11.0. The molecule has 3 N–H and O–H groups in total. The Morgan fingerprint density at radius 1 is 1.27 bits per heavy atom. The molecular weight excluding hydrogens is 525 g/mol. The fourth-order valence-electron chi connectivity index (χ4n) is 6.63. The molecule has 2 bridgehead atoms. The van der Waals surface area contributed by atoms with Crippen LogP contribution in [-0.4, -0.2) is 54.7 Å². The molecule has 1 aliphatic heterocycles. The smallest absolute Gasteiger partial charge is 0.387 e. The highest BCUT2D eigenvalue weighted by molar-refractivity contribution is 5.98. The van der Waals surface area contributed by atoms with Gasteiger partial charge in [-0.05, 0) is 50.5 Å². The Kier molecular flexibility index (Phi) is 4.48. The Morgan fingerprint density at radius 2 is 2.08 bits per heavy atom. The Hall–Kier alpha value is -4.03. The molecule has 12 heteroatoms. The number of hydrogen-bond donors (Lipinski definition) is 2. The van der Waals surface area contributed by atoms with Gasteiger partial charge < -0.3 is 20.5 Å². The third kappa shape index (κ3) is 3.55. The van der Waals surface area contributed by atoms with Crippen LogP contribution in [0.1, 0.15) is 75.1 Å². The summed E-state index contributed by atoms with van der Waals surface area (Å²) < 4.78 is 72.7. The summed E-state index contributed by atoms with van der Waals surface area (Å²) in [5.41, 5.74) is 5.98.